The molecule has 0 spiro atoms. The van der Waals surface area contributed by atoms with Crippen LogP contribution in [-0.4, -0.2) is 60.8 Å². The highest BCUT2D eigenvalue weighted by Gasteiger charge is 2.47. The number of fused-ring (bicyclic) bond motifs is 3. The number of carbonyl (C=O) groups is 1. The lowest BCUT2D eigenvalue weighted by Gasteiger charge is -2.56. The summed E-state index contributed by atoms with van der Waals surface area (Å²) in [5, 5.41) is 12.4. The number of nitrogens with zero attached hydrogens (tertiary/aromatic N) is 7. The fraction of sp³-hybridized carbons (Fsp3) is 0.312. The maximum Gasteiger partial charge on any atom is 0.256 e. The predicted octanol–water partition coefficient (Wildman–Crippen LogP) is 1.39. The van der Waals surface area contributed by atoms with Crippen molar-refractivity contribution in [1.82, 2.24) is 29.7 Å². The summed E-state index contributed by atoms with van der Waals surface area (Å²) >= 11 is 3.38. The summed E-state index contributed by atoms with van der Waals surface area (Å²) in [5.74, 6) is 0.940. The van der Waals surface area contributed by atoms with Gasteiger partial charge in [-0.15, -0.1) is 15.3 Å². The minimum atomic E-state index is 0.0527. The van der Waals surface area contributed by atoms with Crippen LogP contribution in [0.3, 0.4) is 0 Å². The van der Waals surface area contributed by atoms with Crippen molar-refractivity contribution < 1.29 is 4.79 Å². The van der Waals surface area contributed by atoms with E-state index in [2.05, 4.69) is 41.1 Å². The van der Waals surface area contributed by atoms with Gasteiger partial charge in [-0.3, -0.25) is 9.78 Å². The average molecular weight is 400 g/mol. The number of rotatable bonds is 2. The van der Waals surface area contributed by atoms with Crippen LogP contribution in [0.25, 0.3) is 5.65 Å². The van der Waals surface area contributed by atoms with Gasteiger partial charge in [-0.2, -0.15) is 4.52 Å². The number of aromatic nitrogens is 5. The number of hydrogen-bond donors (Lipinski definition) is 0. The zero-order valence-electron chi connectivity index (χ0n) is 13.2. The van der Waals surface area contributed by atoms with Gasteiger partial charge in [-0.1, -0.05) is 0 Å². The number of amides is 1. The zero-order valence-corrected chi connectivity index (χ0v) is 14.7. The highest BCUT2D eigenvalue weighted by Crippen LogP contribution is 2.35. The number of piperazine rings is 1. The molecule has 9 heteroatoms. The van der Waals surface area contributed by atoms with Gasteiger partial charge in [-0.05, 0) is 40.5 Å². The topological polar surface area (TPSA) is 79.5 Å². The third-order valence-corrected chi connectivity index (χ3v) is 5.28. The fourth-order valence-corrected chi connectivity index (χ4v) is 4.06. The van der Waals surface area contributed by atoms with Crippen molar-refractivity contribution in [3.05, 3.63) is 47.0 Å². The molecule has 126 valence electrons. The van der Waals surface area contributed by atoms with E-state index in [0.29, 0.717) is 5.56 Å². The Balaban J connectivity index is 1.35. The molecule has 0 aromatic carbocycles. The second-order valence-corrected chi connectivity index (χ2v) is 7.29. The van der Waals surface area contributed by atoms with E-state index in [1.54, 1.807) is 23.2 Å². The molecule has 6 rings (SSSR count). The normalized spacial score (nSPS) is 22.1. The molecular weight excluding hydrogens is 386 g/mol. The second-order valence-electron chi connectivity index (χ2n) is 6.38. The SMILES string of the molecule is O=C(c1cncc(Br)c1)N1C2CC1CN(c1ccc3nncn3n1)C2. The number of anilines is 1. The Hall–Kier alpha value is -2.55. The highest BCUT2D eigenvalue weighted by molar-refractivity contribution is 9.10. The van der Waals surface area contributed by atoms with E-state index in [-0.39, 0.29) is 18.0 Å². The van der Waals surface area contributed by atoms with Crippen LogP contribution in [-0.2, 0) is 0 Å². The van der Waals surface area contributed by atoms with Crippen LogP contribution in [0.1, 0.15) is 16.8 Å². The van der Waals surface area contributed by atoms with Crippen molar-refractivity contribution in [2.24, 2.45) is 0 Å². The standard InChI is InChI=1S/C16H14BrN7O/c17-11-3-10(5-18-6-11)16(25)24-12-4-13(24)8-22(7-12)15-2-1-14-20-19-9-23(14)21-15/h1-3,5-6,9,12-13H,4,7-8H2. The van der Waals surface area contributed by atoms with Gasteiger partial charge in [-0.25, -0.2) is 0 Å². The summed E-state index contributed by atoms with van der Waals surface area (Å²) in [4.78, 5) is 21.1. The molecule has 0 saturated carbocycles. The van der Waals surface area contributed by atoms with Gasteiger partial charge in [0.25, 0.3) is 5.91 Å². The van der Waals surface area contributed by atoms with Crippen LogP contribution in [0.15, 0.2) is 41.4 Å². The maximum atomic E-state index is 12.8. The predicted molar refractivity (Wildman–Crippen MR) is 93.3 cm³/mol. The van der Waals surface area contributed by atoms with Gasteiger partial charge in [0.2, 0.25) is 0 Å². The molecule has 2 unspecified atom stereocenters. The van der Waals surface area contributed by atoms with E-state index in [1.807, 2.05) is 23.1 Å². The Morgan fingerprint density at radius 1 is 1.20 bits per heavy atom. The second kappa shape index (κ2) is 5.48. The van der Waals surface area contributed by atoms with Crippen molar-refractivity contribution >= 4 is 33.3 Å². The largest absolute Gasteiger partial charge is 0.351 e. The van der Waals surface area contributed by atoms with Crippen molar-refractivity contribution in [3.63, 3.8) is 0 Å². The van der Waals surface area contributed by atoms with Crippen LogP contribution in [0.2, 0.25) is 0 Å². The number of carbonyl (C=O) groups excluding carboxylic acids is 1. The molecular formula is C16H14BrN7O. The Labute approximate surface area is 151 Å². The van der Waals surface area contributed by atoms with Crippen LogP contribution in [0.4, 0.5) is 5.82 Å². The molecule has 2 bridgehead atoms. The molecule has 0 aliphatic carbocycles. The molecule has 0 radical (unpaired) electrons. The summed E-state index contributed by atoms with van der Waals surface area (Å²) < 4.78 is 2.49. The molecule has 3 aromatic heterocycles. The number of pyridine rings is 1. The van der Waals surface area contributed by atoms with E-state index in [4.69, 9.17) is 0 Å². The first-order valence-electron chi connectivity index (χ1n) is 8.04. The molecule has 6 heterocycles. The van der Waals surface area contributed by atoms with E-state index in [1.165, 1.54) is 0 Å². The van der Waals surface area contributed by atoms with Gasteiger partial charge in [0, 0.05) is 30.0 Å². The first-order chi connectivity index (χ1) is 12.2. The van der Waals surface area contributed by atoms with Gasteiger partial charge in [0.15, 0.2) is 5.65 Å². The van der Waals surface area contributed by atoms with E-state index in [9.17, 15) is 4.79 Å². The molecule has 3 fully saturated rings. The minimum absolute atomic E-state index is 0.0527. The first-order valence-corrected chi connectivity index (χ1v) is 8.83. The molecule has 3 aromatic rings. The number of hydrogen-bond acceptors (Lipinski definition) is 6. The van der Waals surface area contributed by atoms with Gasteiger partial charge >= 0.3 is 0 Å². The zero-order chi connectivity index (χ0) is 17.0. The van der Waals surface area contributed by atoms with Gasteiger partial charge < -0.3 is 9.80 Å². The van der Waals surface area contributed by atoms with E-state index >= 15 is 0 Å². The molecule has 1 amide bonds. The summed E-state index contributed by atoms with van der Waals surface area (Å²) in [5.41, 5.74) is 1.35. The third kappa shape index (κ3) is 2.38. The van der Waals surface area contributed by atoms with Crippen LogP contribution >= 0.6 is 15.9 Å². The third-order valence-electron chi connectivity index (χ3n) is 4.85. The number of halogens is 1. The molecule has 25 heavy (non-hydrogen) atoms. The van der Waals surface area contributed by atoms with Crippen molar-refractivity contribution in [3.8, 4) is 0 Å². The lowest BCUT2D eigenvalue weighted by molar-refractivity contribution is 0.00568. The molecule has 2 atom stereocenters. The highest BCUT2D eigenvalue weighted by atomic mass is 79.9. The van der Waals surface area contributed by atoms with Gasteiger partial charge in [0.1, 0.15) is 12.1 Å². The minimum Gasteiger partial charge on any atom is -0.351 e. The lowest BCUT2D eigenvalue weighted by atomic mass is 9.86. The summed E-state index contributed by atoms with van der Waals surface area (Å²) in [6.45, 7) is 1.56. The molecule has 8 nitrogen and oxygen atoms in total. The maximum absolute atomic E-state index is 12.8. The van der Waals surface area contributed by atoms with Crippen LogP contribution < -0.4 is 4.90 Å². The van der Waals surface area contributed by atoms with Crippen LogP contribution in [0.5, 0.6) is 0 Å². The average Bonchev–Trinajstić information content (AvgIpc) is 3.09. The number of piperidine rings is 1. The lowest BCUT2D eigenvalue weighted by Crippen LogP contribution is -2.70. The van der Waals surface area contributed by atoms with Crippen molar-refractivity contribution in [2.45, 2.75) is 18.5 Å². The molecule has 3 aliphatic heterocycles. The van der Waals surface area contributed by atoms with E-state index in [0.717, 1.165) is 35.4 Å². The quantitative estimate of drug-likeness (QED) is 0.647. The molecule has 0 N–H and O–H groups in total. The molecule has 3 saturated heterocycles. The Morgan fingerprint density at radius 2 is 2.04 bits per heavy atom. The van der Waals surface area contributed by atoms with Crippen molar-refractivity contribution in [2.75, 3.05) is 18.0 Å². The Morgan fingerprint density at radius 3 is 2.84 bits per heavy atom. The first kappa shape index (κ1) is 14.8. The van der Waals surface area contributed by atoms with Gasteiger partial charge in [0.05, 0.1) is 17.6 Å². The van der Waals surface area contributed by atoms with E-state index < -0.39 is 0 Å². The summed E-state index contributed by atoms with van der Waals surface area (Å²) in [7, 11) is 0. The van der Waals surface area contributed by atoms with Crippen molar-refractivity contribution in [1.29, 1.82) is 0 Å². The molecule has 3 aliphatic rings. The summed E-state index contributed by atoms with van der Waals surface area (Å²) in [6.07, 6.45) is 5.95. The van der Waals surface area contributed by atoms with Crippen LogP contribution in [0, 0.1) is 0 Å². The monoisotopic (exact) mass is 399 g/mol. The smallest absolute Gasteiger partial charge is 0.256 e. The summed E-state index contributed by atoms with van der Waals surface area (Å²) in [6, 6.07) is 6.11. The Bertz CT molecular complexity index is 962. The Kier molecular flexibility index (Phi) is 3.24. The fourth-order valence-electron chi connectivity index (χ4n) is 3.69.